The van der Waals surface area contributed by atoms with Crippen LogP contribution in [0.2, 0.25) is 5.02 Å². The van der Waals surface area contributed by atoms with Crippen molar-refractivity contribution in [2.24, 2.45) is 0 Å². The second kappa shape index (κ2) is 5.54. The Kier molecular flexibility index (Phi) is 4.11. The molecule has 0 unspecified atom stereocenters. The van der Waals surface area contributed by atoms with Gasteiger partial charge < -0.3 is 10.2 Å². The van der Waals surface area contributed by atoms with Gasteiger partial charge in [0, 0.05) is 11.1 Å². The molecule has 0 aliphatic carbocycles. The number of benzene rings is 2. The van der Waals surface area contributed by atoms with Gasteiger partial charge in [-0.05, 0) is 29.8 Å². The normalized spacial score (nSPS) is 11.7. The van der Waals surface area contributed by atoms with Crippen LogP contribution >= 0.6 is 11.6 Å². The molecular weight excluding hydrogens is 312 g/mol. The average molecular weight is 321 g/mol. The maximum Gasteiger partial charge on any atom is 0.417 e. The van der Waals surface area contributed by atoms with Gasteiger partial charge in [0.1, 0.15) is 11.6 Å². The van der Waals surface area contributed by atoms with Crippen molar-refractivity contribution in [3.8, 4) is 16.9 Å². The Morgan fingerprint density at radius 1 is 1.10 bits per heavy atom. The maximum absolute atomic E-state index is 13.6. The van der Waals surface area contributed by atoms with Crippen molar-refractivity contribution in [1.82, 2.24) is 0 Å². The zero-order valence-corrected chi connectivity index (χ0v) is 11.1. The van der Waals surface area contributed by atoms with Gasteiger partial charge in [-0.1, -0.05) is 17.7 Å². The molecule has 0 aliphatic heterocycles. The third kappa shape index (κ3) is 2.96. The largest absolute Gasteiger partial charge is 0.507 e. The highest BCUT2D eigenvalue weighted by Crippen LogP contribution is 2.40. The Balaban J connectivity index is 2.72. The van der Waals surface area contributed by atoms with E-state index in [1.54, 1.807) is 0 Å². The molecule has 0 bridgehead atoms. The van der Waals surface area contributed by atoms with Gasteiger partial charge in [-0.15, -0.1) is 0 Å². The first-order chi connectivity index (χ1) is 9.75. The van der Waals surface area contributed by atoms with E-state index >= 15 is 0 Å². The van der Waals surface area contributed by atoms with Gasteiger partial charge in [0.05, 0.1) is 17.2 Å². The zero-order valence-electron chi connectivity index (χ0n) is 10.4. The molecule has 0 radical (unpaired) electrons. The molecule has 0 aromatic heterocycles. The summed E-state index contributed by atoms with van der Waals surface area (Å²) in [5, 5.41) is 18.4. The Bertz CT molecular complexity index is 683. The zero-order chi connectivity index (χ0) is 15.8. The van der Waals surface area contributed by atoms with Crippen LogP contribution in [0.1, 0.15) is 11.1 Å². The fraction of sp³-hybridized carbons (Fsp3) is 0.143. The molecule has 0 amide bonds. The van der Waals surface area contributed by atoms with Crippen LogP contribution in [0.25, 0.3) is 11.1 Å². The van der Waals surface area contributed by atoms with E-state index in [-0.39, 0.29) is 16.7 Å². The molecule has 0 saturated heterocycles. The molecule has 0 fully saturated rings. The van der Waals surface area contributed by atoms with Gasteiger partial charge in [0.15, 0.2) is 0 Å². The van der Waals surface area contributed by atoms with Crippen LogP contribution in [0.3, 0.4) is 0 Å². The summed E-state index contributed by atoms with van der Waals surface area (Å²) < 4.78 is 52.1. The molecule has 0 aliphatic rings. The highest BCUT2D eigenvalue weighted by Gasteiger charge is 2.33. The predicted molar refractivity (Wildman–Crippen MR) is 69.4 cm³/mol. The van der Waals surface area contributed by atoms with E-state index < -0.39 is 34.9 Å². The van der Waals surface area contributed by atoms with Crippen molar-refractivity contribution in [1.29, 1.82) is 0 Å². The standard InChI is InChI=1S/C14H9ClF4O2/c15-10-2-1-7(5-9(10)14(17,18)19)13-8(6-20)11(16)3-4-12(13)21/h1-5,20-21H,6H2. The topological polar surface area (TPSA) is 40.5 Å². The minimum absolute atomic E-state index is 0.0900. The lowest BCUT2D eigenvalue weighted by atomic mass is 9.96. The summed E-state index contributed by atoms with van der Waals surface area (Å²) in [4.78, 5) is 0. The summed E-state index contributed by atoms with van der Waals surface area (Å²) in [5.74, 6) is -1.26. The second-order valence-corrected chi connectivity index (χ2v) is 4.68. The highest BCUT2D eigenvalue weighted by molar-refractivity contribution is 6.31. The van der Waals surface area contributed by atoms with Gasteiger partial charge in [-0.3, -0.25) is 0 Å². The number of alkyl halides is 3. The Morgan fingerprint density at radius 2 is 1.76 bits per heavy atom. The van der Waals surface area contributed by atoms with E-state index in [1.165, 1.54) is 6.07 Å². The summed E-state index contributed by atoms with van der Waals surface area (Å²) in [6.45, 7) is -0.764. The first-order valence-electron chi connectivity index (χ1n) is 5.74. The van der Waals surface area contributed by atoms with Crippen molar-refractivity contribution < 1.29 is 27.8 Å². The first-order valence-corrected chi connectivity index (χ1v) is 6.11. The summed E-state index contributed by atoms with van der Waals surface area (Å²) in [5.41, 5.74) is -1.67. The van der Waals surface area contributed by atoms with Gasteiger partial charge in [-0.2, -0.15) is 13.2 Å². The molecule has 0 saturated carbocycles. The Labute approximate surface area is 122 Å². The first kappa shape index (κ1) is 15.6. The van der Waals surface area contributed by atoms with Crippen LogP contribution in [-0.4, -0.2) is 10.2 Å². The second-order valence-electron chi connectivity index (χ2n) is 4.27. The van der Waals surface area contributed by atoms with E-state index in [2.05, 4.69) is 0 Å². The number of aliphatic hydroxyl groups is 1. The van der Waals surface area contributed by atoms with Crippen molar-refractivity contribution in [2.45, 2.75) is 12.8 Å². The molecule has 2 aromatic rings. The molecule has 2 N–H and O–H groups in total. The predicted octanol–water partition coefficient (Wildman–Crippen LogP) is 4.36. The van der Waals surface area contributed by atoms with Gasteiger partial charge in [0.2, 0.25) is 0 Å². The Morgan fingerprint density at radius 3 is 2.33 bits per heavy atom. The molecular formula is C14H9ClF4O2. The summed E-state index contributed by atoms with van der Waals surface area (Å²) in [6.07, 6.45) is -4.69. The molecule has 2 nitrogen and oxygen atoms in total. The monoisotopic (exact) mass is 320 g/mol. The van der Waals surface area contributed by atoms with Gasteiger partial charge in [-0.25, -0.2) is 4.39 Å². The molecule has 2 aromatic carbocycles. The number of phenolic OH excluding ortho intramolecular Hbond substituents is 1. The average Bonchev–Trinajstić information content (AvgIpc) is 2.40. The summed E-state index contributed by atoms with van der Waals surface area (Å²) >= 11 is 5.51. The lowest BCUT2D eigenvalue weighted by Crippen LogP contribution is -2.06. The van der Waals surface area contributed by atoms with E-state index in [0.29, 0.717) is 6.07 Å². The van der Waals surface area contributed by atoms with Crippen LogP contribution in [0, 0.1) is 5.82 Å². The molecule has 21 heavy (non-hydrogen) atoms. The molecule has 0 spiro atoms. The fourth-order valence-corrected chi connectivity index (χ4v) is 2.21. The molecule has 0 heterocycles. The van der Waals surface area contributed by atoms with E-state index in [1.807, 2.05) is 0 Å². The molecule has 7 heteroatoms. The van der Waals surface area contributed by atoms with Crippen LogP contribution < -0.4 is 0 Å². The minimum Gasteiger partial charge on any atom is -0.507 e. The molecule has 112 valence electrons. The lowest BCUT2D eigenvalue weighted by Gasteiger charge is -2.14. The van der Waals surface area contributed by atoms with E-state index in [0.717, 1.165) is 18.2 Å². The number of aliphatic hydroxyl groups excluding tert-OH is 1. The number of hydrogen-bond donors (Lipinski definition) is 2. The van der Waals surface area contributed by atoms with Crippen LogP contribution in [0.4, 0.5) is 17.6 Å². The number of halogens is 5. The van der Waals surface area contributed by atoms with Crippen LogP contribution in [0.15, 0.2) is 30.3 Å². The van der Waals surface area contributed by atoms with Crippen molar-refractivity contribution >= 4 is 11.6 Å². The minimum atomic E-state index is -4.69. The van der Waals surface area contributed by atoms with Crippen molar-refractivity contribution in [3.63, 3.8) is 0 Å². The maximum atomic E-state index is 13.6. The van der Waals surface area contributed by atoms with Crippen LogP contribution in [0.5, 0.6) is 5.75 Å². The number of hydrogen-bond acceptors (Lipinski definition) is 2. The highest BCUT2D eigenvalue weighted by atomic mass is 35.5. The third-order valence-corrected chi connectivity index (χ3v) is 3.28. The van der Waals surface area contributed by atoms with Crippen molar-refractivity contribution in [3.05, 3.63) is 52.3 Å². The van der Waals surface area contributed by atoms with Crippen molar-refractivity contribution in [2.75, 3.05) is 0 Å². The number of aromatic hydroxyl groups is 1. The van der Waals surface area contributed by atoms with Gasteiger partial charge >= 0.3 is 6.18 Å². The number of phenols is 1. The summed E-state index contributed by atoms with van der Waals surface area (Å²) in [7, 11) is 0. The molecule has 2 rings (SSSR count). The van der Waals surface area contributed by atoms with Crippen LogP contribution in [-0.2, 0) is 12.8 Å². The van der Waals surface area contributed by atoms with E-state index in [9.17, 15) is 22.7 Å². The Hall–Kier alpha value is -1.79. The lowest BCUT2D eigenvalue weighted by molar-refractivity contribution is -0.137. The molecule has 0 atom stereocenters. The van der Waals surface area contributed by atoms with E-state index in [4.69, 9.17) is 16.7 Å². The summed E-state index contributed by atoms with van der Waals surface area (Å²) in [6, 6.07) is 4.85. The number of rotatable bonds is 2. The third-order valence-electron chi connectivity index (χ3n) is 2.95. The smallest absolute Gasteiger partial charge is 0.417 e. The quantitative estimate of drug-likeness (QED) is 0.807. The fourth-order valence-electron chi connectivity index (χ4n) is 1.98. The SMILES string of the molecule is OCc1c(F)ccc(O)c1-c1ccc(Cl)c(C(F)(F)F)c1. The van der Waals surface area contributed by atoms with Gasteiger partial charge in [0.25, 0.3) is 0 Å².